The number of rotatable bonds is 3. The molecule has 0 N–H and O–H groups in total. The van der Waals surface area contributed by atoms with Crippen LogP contribution in [-0.4, -0.2) is 71.0 Å². The lowest BCUT2D eigenvalue weighted by Crippen LogP contribution is -2.64. The molecule has 2 aliphatic heterocycles. The first-order valence-electron chi connectivity index (χ1n) is 10.0. The van der Waals surface area contributed by atoms with Crippen molar-refractivity contribution in [1.82, 2.24) is 19.8 Å². The number of nitrogens with zero attached hydrogens (tertiary/aromatic N) is 5. The number of aromatic nitrogens is 2. The summed E-state index contributed by atoms with van der Waals surface area (Å²) in [7, 11) is 0. The van der Waals surface area contributed by atoms with Crippen LogP contribution in [0.4, 0.5) is 19.1 Å². The van der Waals surface area contributed by atoms with Gasteiger partial charge in [-0.15, -0.1) is 11.3 Å². The molecule has 0 spiro atoms. The molecule has 5 rings (SSSR count). The molecule has 0 atom stereocenters. The minimum atomic E-state index is -4.39. The van der Waals surface area contributed by atoms with Gasteiger partial charge in [0.1, 0.15) is 0 Å². The Morgan fingerprint density at radius 2 is 1.74 bits per heavy atom. The van der Waals surface area contributed by atoms with Gasteiger partial charge in [-0.3, -0.25) is 9.69 Å². The number of carbonyl (C=O) groups excluding carboxylic acids is 1. The van der Waals surface area contributed by atoms with E-state index in [1.807, 2.05) is 0 Å². The summed E-state index contributed by atoms with van der Waals surface area (Å²) in [5.74, 6) is 0.633. The van der Waals surface area contributed by atoms with Crippen LogP contribution in [0.15, 0.2) is 42.7 Å². The summed E-state index contributed by atoms with van der Waals surface area (Å²) in [4.78, 5) is 28.2. The van der Waals surface area contributed by atoms with Crippen molar-refractivity contribution >= 4 is 33.3 Å². The van der Waals surface area contributed by atoms with Crippen molar-refractivity contribution in [2.75, 3.05) is 44.2 Å². The number of alkyl halides is 3. The topological polar surface area (TPSA) is 52.6 Å². The van der Waals surface area contributed by atoms with Crippen LogP contribution in [0.3, 0.4) is 0 Å². The van der Waals surface area contributed by atoms with Gasteiger partial charge in [-0.05, 0) is 29.7 Å². The van der Waals surface area contributed by atoms with Gasteiger partial charge in [0.2, 0.25) is 5.95 Å². The van der Waals surface area contributed by atoms with E-state index in [1.54, 1.807) is 29.4 Å². The van der Waals surface area contributed by atoms with E-state index in [2.05, 4.69) is 19.8 Å². The normalized spacial score (nSPS) is 18.4. The first-order chi connectivity index (χ1) is 14.9. The number of likely N-dealkylation sites (tertiary alicyclic amines) is 1. The fourth-order valence-corrected chi connectivity index (χ4v) is 5.13. The Balaban J connectivity index is 1.18. The van der Waals surface area contributed by atoms with Gasteiger partial charge in [0.05, 0.1) is 10.4 Å². The van der Waals surface area contributed by atoms with Gasteiger partial charge in [-0.1, -0.05) is 6.07 Å². The molecule has 10 heteroatoms. The van der Waals surface area contributed by atoms with Crippen molar-refractivity contribution in [3.8, 4) is 0 Å². The first kappa shape index (κ1) is 20.2. The predicted octanol–water partition coefficient (Wildman–Crippen LogP) is 3.36. The highest BCUT2D eigenvalue weighted by Gasteiger charge is 2.37. The van der Waals surface area contributed by atoms with E-state index in [0.29, 0.717) is 34.1 Å². The largest absolute Gasteiger partial charge is 0.416 e. The highest BCUT2D eigenvalue weighted by atomic mass is 32.1. The van der Waals surface area contributed by atoms with Gasteiger partial charge < -0.3 is 9.80 Å². The Morgan fingerprint density at radius 3 is 2.42 bits per heavy atom. The molecule has 0 saturated carbocycles. The minimum absolute atomic E-state index is 0.109. The first-order valence-corrected chi connectivity index (χ1v) is 10.9. The smallest absolute Gasteiger partial charge is 0.338 e. The number of halogens is 3. The van der Waals surface area contributed by atoms with E-state index in [0.717, 1.165) is 55.6 Å². The molecule has 0 unspecified atom stereocenters. The quantitative estimate of drug-likeness (QED) is 0.617. The third-order valence-electron chi connectivity index (χ3n) is 5.87. The summed E-state index contributed by atoms with van der Waals surface area (Å²) in [6.45, 7) is 4.73. The molecular weight excluding hydrogens is 427 g/mol. The number of piperazine rings is 1. The van der Waals surface area contributed by atoms with E-state index in [1.165, 1.54) is 6.07 Å². The zero-order chi connectivity index (χ0) is 21.6. The fourth-order valence-electron chi connectivity index (χ4n) is 4.06. The van der Waals surface area contributed by atoms with Gasteiger partial charge >= 0.3 is 6.18 Å². The van der Waals surface area contributed by atoms with Crippen LogP contribution in [0.2, 0.25) is 0 Å². The van der Waals surface area contributed by atoms with E-state index >= 15 is 0 Å². The number of carbonyl (C=O) groups is 1. The highest BCUT2D eigenvalue weighted by molar-refractivity contribution is 7.20. The summed E-state index contributed by atoms with van der Waals surface area (Å²) < 4.78 is 39.3. The molecule has 2 fully saturated rings. The molecule has 31 heavy (non-hydrogen) atoms. The lowest BCUT2D eigenvalue weighted by atomic mass is 10.1. The summed E-state index contributed by atoms with van der Waals surface area (Å²) in [6, 6.07) is 7.41. The Labute approximate surface area is 180 Å². The van der Waals surface area contributed by atoms with Gasteiger partial charge in [0.15, 0.2) is 0 Å². The lowest BCUT2D eigenvalue weighted by molar-refractivity contribution is -0.137. The van der Waals surface area contributed by atoms with Gasteiger partial charge in [-0.2, -0.15) is 13.2 Å². The molecule has 6 nitrogen and oxygen atoms in total. The third-order valence-corrected chi connectivity index (χ3v) is 6.96. The van der Waals surface area contributed by atoms with Gasteiger partial charge in [0.25, 0.3) is 5.91 Å². The molecule has 1 amide bonds. The molecule has 2 aliphatic rings. The second-order valence-electron chi connectivity index (χ2n) is 7.80. The summed E-state index contributed by atoms with van der Waals surface area (Å²) >= 11 is 1.12. The van der Waals surface area contributed by atoms with Crippen LogP contribution >= 0.6 is 11.3 Å². The predicted molar refractivity (Wildman–Crippen MR) is 112 cm³/mol. The molecule has 1 aromatic carbocycles. The number of anilines is 1. The van der Waals surface area contributed by atoms with Crippen LogP contribution < -0.4 is 4.90 Å². The van der Waals surface area contributed by atoms with Crippen LogP contribution in [0.25, 0.3) is 10.1 Å². The van der Waals surface area contributed by atoms with E-state index in [-0.39, 0.29) is 5.91 Å². The molecule has 4 heterocycles. The van der Waals surface area contributed by atoms with Gasteiger partial charge in [0, 0.05) is 62.4 Å². The number of hydrogen-bond acceptors (Lipinski definition) is 6. The fraction of sp³-hybridized carbons (Fsp3) is 0.381. The molecule has 162 valence electrons. The summed E-state index contributed by atoms with van der Waals surface area (Å²) in [5.41, 5.74) is -0.690. The van der Waals surface area contributed by atoms with Crippen LogP contribution in [-0.2, 0) is 6.18 Å². The molecule has 0 aliphatic carbocycles. The van der Waals surface area contributed by atoms with Crippen molar-refractivity contribution in [3.63, 3.8) is 0 Å². The standard InChI is InChI=1S/C21H20F3N5OS/c22-21(23,24)15-3-2-14-10-18(31-17(14)11-15)19(30)29-12-16(13-29)27-6-8-28(9-7-27)20-25-4-1-5-26-20/h1-5,10-11,16H,6-9,12-13H2. The summed E-state index contributed by atoms with van der Waals surface area (Å²) in [6.07, 6.45) is -0.909. The Bertz CT molecular complexity index is 1090. The zero-order valence-electron chi connectivity index (χ0n) is 16.5. The maximum Gasteiger partial charge on any atom is 0.416 e. The molecule has 2 saturated heterocycles. The third kappa shape index (κ3) is 3.97. The second kappa shape index (κ2) is 7.76. The van der Waals surface area contributed by atoms with Crippen LogP contribution in [0.1, 0.15) is 15.2 Å². The van der Waals surface area contributed by atoms with E-state index in [9.17, 15) is 18.0 Å². The van der Waals surface area contributed by atoms with Crippen molar-refractivity contribution in [3.05, 3.63) is 53.2 Å². The van der Waals surface area contributed by atoms with Crippen molar-refractivity contribution in [2.45, 2.75) is 12.2 Å². The highest BCUT2D eigenvalue weighted by Crippen LogP contribution is 2.35. The lowest BCUT2D eigenvalue weighted by Gasteiger charge is -2.48. The molecule has 3 aromatic rings. The average Bonchev–Trinajstić information content (AvgIpc) is 3.17. The van der Waals surface area contributed by atoms with Crippen molar-refractivity contribution in [1.29, 1.82) is 0 Å². The number of thiophene rings is 1. The number of hydrogen-bond donors (Lipinski definition) is 0. The Morgan fingerprint density at radius 1 is 1.03 bits per heavy atom. The molecular formula is C21H20F3N5OS. The van der Waals surface area contributed by atoms with Crippen LogP contribution in [0, 0.1) is 0 Å². The zero-order valence-corrected chi connectivity index (χ0v) is 17.4. The monoisotopic (exact) mass is 447 g/mol. The van der Waals surface area contributed by atoms with E-state index in [4.69, 9.17) is 0 Å². The molecule has 0 radical (unpaired) electrons. The summed E-state index contributed by atoms with van der Waals surface area (Å²) in [5, 5.41) is 0.665. The maximum atomic E-state index is 12.9. The number of benzene rings is 1. The average molecular weight is 447 g/mol. The number of fused-ring (bicyclic) bond motifs is 1. The minimum Gasteiger partial charge on any atom is -0.338 e. The number of amides is 1. The molecule has 0 bridgehead atoms. The second-order valence-corrected chi connectivity index (χ2v) is 8.88. The van der Waals surface area contributed by atoms with Crippen molar-refractivity contribution in [2.24, 2.45) is 0 Å². The Kier molecular flexibility index (Phi) is 5.05. The maximum absolute atomic E-state index is 12.9. The van der Waals surface area contributed by atoms with Crippen LogP contribution in [0.5, 0.6) is 0 Å². The van der Waals surface area contributed by atoms with Gasteiger partial charge in [-0.25, -0.2) is 9.97 Å². The van der Waals surface area contributed by atoms with E-state index < -0.39 is 11.7 Å². The molecule has 2 aromatic heterocycles. The van der Waals surface area contributed by atoms with Crippen molar-refractivity contribution < 1.29 is 18.0 Å². The Hall–Kier alpha value is -2.72. The SMILES string of the molecule is O=C(c1cc2ccc(C(F)(F)F)cc2s1)N1CC(N2CCN(c3ncccn3)CC2)C1.